The van der Waals surface area contributed by atoms with Crippen LogP contribution in [0.5, 0.6) is 0 Å². The summed E-state index contributed by atoms with van der Waals surface area (Å²) in [5.74, 6) is -0.716. The quantitative estimate of drug-likeness (QED) is 0.572. The summed E-state index contributed by atoms with van der Waals surface area (Å²) in [6.45, 7) is 1.80. The van der Waals surface area contributed by atoms with Crippen LogP contribution in [-0.2, 0) is 11.0 Å². The Labute approximate surface area is 152 Å². The lowest BCUT2D eigenvalue weighted by atomic mass is 10.2. The first kappa shape index (κ1) is 19.3. The first-order chi connectivity index (χ1) is 12.2. The van der Waals surface area contributed by atoms with E-state index in [4.69, 9.17) is 16.9 Å². The number of carbonyl (C=O) groups excluding carboxylic acids is 1. The number of anilines is 2. The molecule has 4 nitrogen and oxygen atoms in total. The molecule has 0 saturated carbocycles. The number of nitrogens with zero attached hydrogens (tertiary/aromatic N) is 1. The van der Waals surface area contributed by atoms with Gasteiger partial charge in [0.2, 0.25) is 0 Å². The zero-order valence-corrected chi connectivity index (χ0v) is 14.2. The summed E-state index contributed by atoms with van der Waals surface area (Å²) in [5, 5.41) is 14.6. The van der Waals surface area contributed by atoms with E-state index in [-0.39, 0.29) is 11.3 Å². The average molecular weight is 380 g/mol. The third kappa shape index (κ3) is 5.01. The zero-order chi connectivity index (χ0) is 19.3. The van der Waals surface area contributed by atoms with Crippen LogP contribution in [0.4, 0.5) is 24.5 Å². The number of benzene rings is 2. The van der Waals surface area contributed by atoms with Crippen molar-refractivity contribution in [3.63, 3.8) is 0 Å². The molecule has 0 aliphatic heterocycles. The maximum Gasteiger partial charge on any atom is 0.416 e. The molecule has 0 unspecified atom stereocenters. The number of halogens is 4. The Kier molecular flexibility index (Phi) is 5.90. The van der Waals surface area contributed by atoms with Crippen molar-refractivity contribution in [1.29, 1.82) is 5.26 Å². The van der Waals surface area contributed by atoms with Gasteiger partial charge in [-0.3, -0.25) is 4.79 Å². The highest BCUT2D eigenvalue weighted by molar-refractivity contribution is 6.31. The van der Waals surface area contributed by atoms with Gasteiger partial charge in [0.25, 0.3) is 5.91 Å². The Morgan fingerprint density at radius 2 is 1.92 bits per heavy atom. The lowest BCUT2D eigenvalue weighted by Crippen LogP contribution is -2.14. The Balaban J connectivity index is 2.13. The highest BCUT2D eigenvalue weighted by Crippen LogP contribution is 2.30. The third-order valence-electron chi connectivity index (χ3n) is 3.37. The first-order valence-corrected chi connectivity index (χ1v) is 7.70. The Bertz CT molecular complexity index is 901. The van der Waals surface area contributed by atoms with Crippen LogP contribution < -0.4 is 10.6 Å². The number of nitriles is 1. The van der Waals surface area contributed by atoms with Crippen LogP contribution >= 0.6 is 11.6 Å². The fourth-order valence-corrected chi connectivity index (χ4v) is 2.14. The molecule has 0 aromatic heterocycles. The standard InChI is InChI=1S/C18H13ClF3N3O/c1-11-5-6-15(8-16(11)19)25-17(26)12(9-23)10-24-14-4-2-3-13(7-14)18(20,21)22/h2-8,10,24H,1H3,(H,25,26)/b12-10-. The van der Waals surface area contributed by atoms with E-state index in [1.807, 2.05) is 0 Å². The van der Waals surface area contributed by atoms with E-state index in [9.17, 15) is 18.0 Å². The summed E-state index contributed by atoms with van der Waals surface area (Å²) in [6.07, 6.45) is -3.44. The maximum atomic E-state index is 12.7. The van der Waals surface area contributed by atoms with E-state index in [1.54, 1.807) is 25.1 Å². The van der Waals surface area contributed by atoms with Crippen molar-refractivity contribution in [1.82, 2.24) is 0 Å². The maximum absolute atomic E-state index is 12.7. The van der Waals surface area contributed by atoms with Gasteiger partial charge in [0.1, 0.15) is 11.6 Å². The molecule has 2 aromatic rings. The molecule has 0 fully saturated rings. The summed E-state index contributed by atoms with van der Waals surface area (Å²) in [7, 11) is 0. The molecule has 0 saturated heterocycles. The molecule has 0 aliphatic rings. The number of aryl methyl sites for hydroxylation is 1. The molecule has 2 aromatic carbocycles. The fourth-order valence-electron chi connectivity index (χ4n) is 1.96. The van der Waals surface area contributed by atoms with Crippen molar-refractivity contribution in [2.75, 3.05) is 10.6 Å². The largest absolute Gasteiger partial charge is 0.416 e. The van der Waals surface area contributed by atoms with Crippen molar-refractivity contribution >= 4 is 28.9 Å². The van der Waals surface area contributed by atoms with Crippen LogP contribution in [0.1, 0.15) is 11.1 Å². The number of alkyl halides is 3. The molecular formula is C18H13ClF3N3O. The van der Waals surface area contributed by atoms with Crippen molar-refractivity contribution in [3.05, 3.63) is 70.4 Å². The monoisotopic (exact) mass is 379 g/mol. The van der Waals surface area contributed by atoms with Gasteiger partial charge >= 0.3 is 6.18 Å². The van der Waals surface area contributed by atoms with E-state index in [0.717, 1.165) is 23.9 Å². The number of hydrogen-bond donors (Lipinski definition) is 2. The second-order valence-electron chi connectivity index (χ2n) is 5.31. The minimum Gasteiger partial charge on any atom is -0.360 e. The van der Waals surface area contributed by atoms with Crippen molar-refractivity contribution in [2.24, 2.45) is 0 Å². The molecule has 0 radical (unpaired) electrons. The van der Waals surface area contributed by atoms with Crippen molar-refractivity contribution in [3.8, 4) is 6.07 Å². The van der Waals surface area contributed by atoms with Gasteiger partial charge in [-0.15, -0.1) is 0 Å². The number of rotatable bonds is 4. The summed E-state index contributed by atoms with van der Waals surface area (Å²) >= 11 is 5.97. The molecule has 1 amide bonds. The zero-order valence-electron chi connectivity index (χ0n) is 13.5. The fraction of sp³-hybridized carbons (Fsp3) is 0.111. The van der Waals surface area contributed by atoms with Gasteiger partial charge < -0.3 is 10.6 Å². The second-order valence-corrected chi connectivity index (χ2v) is 5.72. The SMILES string of the molecule is Cc1ccc(NC(=O)/C(C#N)=C\Nc2cccc(C(F)(F)F)c2)cc1Cl. The van der Waals surface area contributed by atoms with Crippen molar-refractivity contribution in [2.45, 2.75) is 13.1 Å². The minimum atomic E-state index is -4.48. The summed E-state index contributed by atoms with van der Waals surface area (Å²) in [5.41, 5.74) is 0.170. The van der Waals surface area contributed by atoms with E-state index in [2.05, 4.69) is 10.6 Å². The number of nitrogens with one attached hydrogen (secondary N) is 2. The topological polar surface area (TPSA) is 64.9 Å². The van der Waals surface area contributed by atoms with Gasteiger partial charge in [-0.1, -0.05) is 23.7 Å². The van der Waals surface area contributed by atoms with E-state index in [1.165, 1.54) is 18.2 Å². The number of amides is 1. The molecule has 0 aliphatic carbocycles. The number of carbonyl (C=O) groups is 1. The summed E-state index contributed by atoms with van der Waals surface area (Å²) in [4.78, 5) is 12.1. The lowest BCUT2D eigenvalue weighted by Gasteiger charge is -2.09. The molecule has 0 heterocycles. The molecule has 26 heavy (non-hydrogen) atoms. The highest BCUT2D eigenvalue weighted by Gasteiger charge is 2.30. The minimum absolute atomic E-state index is 0.0961. The Morgan fingerprint density at radius 1 is 1.19 bits per heavy atom. The van der Waals surface area contributed by atoms with E-state index >= 15 is 0 Å². The molecule has 0 spiro atoms. The van der Waals surface area contributed by atoms with Gasteiger partial charge in [-0.25, -0.2) is 0 Å². The molecule has 2 N–H and O–H groups in total. The lowest BCUT2D eigenvalue weighted by molar-refractivity contribution is -0.137. The van der Waals surface area contributed by atoms with Gasteiger partial charge in [0.15, 0.2) is 0 Å². The second kappa shape index (κ2) is 7.93. The van der Waals surface area contributed by atoms with Gasteiger partial charge in [0.05, 0.1) is 5.56 Å². The normalized spacial score (nSPS) is 11.6. The first-order valence-electron chi connectivity index (χ1n) is 7.32. The van der Waals surface area contributed by atoms with Crippen LogP contribution in [0.2, 0.25) is 5.02 Å². The van der Waals surface area contributed by atoms with Crippen LogP contribution in [0.3, 0.4) is 0 Å². The smallest absolute Gasteiger partial charge is 0.360 e. The van der Waals surface area contributed by atoms with Crippen LogP contribution in [0, 0.1) is 18.3 Å². The predicted molar refractivity (Wildman–Crippen MR) is 93.6 cm³/mol. The molecule has 0 bridgehead atoms. The molecule has 8 heteroatoms. The van der Waals surface area contributed by atoms with Gasteiger partial charge in [-0.2, -0.15) is 18.4 Å². The van der Waals surface area contributed by atoms with Crippen LogP contribution in [0.15, 0.2) is 54.2 Å². The van der Waals surface area contributed by atoms with Gasteiger partial charge in [-0.05, 0) is 42.8 Å². The Hall–Kier alpha value is -2.98. The van der Waals surface area contributed by atoms with Gasteiger partial charge in [0, 0.05) is 22.6 Å². The predicted octanol–water partition coefficient (Wildman–Crippen LogP) is 5.13. The molecule has 134 valence electrons. The van der Waals surface area contributed by atoms with Crippen LogP contribution in [0.25, 0.3) is 0 Å². The third-order valence-corrected chi connectivity index (χ3v) is 3.78. The molecule has 0 atom stereocenters. The van der Waals surface area contributed by atoms with E-state index < -0.39 is 17.6 Å². The highest BCUT2D eigenvalue weighted by atomic mass is 35.5. The van der Waals surface area contributed by atoms with Crippen molar-refractivity contribution < 1.29 is 18.0 Å². The average Bonchev–Trinajstić information content (AvgIpc) is 2.58. The summed E-state index contributed by atoms with van der Waals surface area (Å²) in [6, 6.07) is 11.0. The van der Waals surface area contributed by atoms with E-state index in [0.29, 0.717) is 10.7 Å². The Morgan fingerprint density at radius 3 is 2.54 bits per heavy atom. The molecular weight excluding hydrogens is 367 g/mol. The number of hydrogen-bond acceptors (Lipinski definition) is 3. The molecule has 2 rings (SSSR count). The summed E-state index contributed by atoms with van der Waals surface area (Å²) < 4.78 is 38.1. The van der Waals surface area contributed by atoms with Crippen LogP contribution in [-0.4, -0.2) is 5.91 Å².